The molecule has 142 valence electrons. The maximum Gasteiger partial charge on any atom is 0.254 e. The quantitative estimate of drug-likeness (QED) is 0.744. The Bertz CT molecular complexity index is 957. The summed E-state index contributed by atoms with van der Waals surface area (Å²) in [5.41, 5.74) is 3.11. The average Bonchev–Trinajstić information content (AvgIpc) is 3.10. The lowest BCUT2D eigenvalue weighted by Crippen LogP contribution is -2.48. The van der Waals surface area contributed by atoms with E-state index in [0.29, 0.717) is 5.78 Å². The van der Waals surface area contributed by atoms with Crippen LogP contribution in [0.1, 0.15) is 23.9 Å². The van der Waals surface area contributed by atoms with E-state index in [9.17, 15) is 0 Å². The lowest BCUT2D eigenvalue weighted by Gasteiger charge is -2.36. The van der Waals surface area contributed by atoms with Crippen LogP contribution in [-0.4, -0.2) is 62.3 Å². The van der Waals surface area contributed by atoms with E-state index in [4.69, 9.17) is 0 Å². The largest absolute Gasteiger partial charge is 0.370 e. The van der Waals surface area contributed by atoms with Crippen LogP contribution in [-0.2, 0) is 0 Å². The highest BCUT2D eigenvalue weighted by atomic mass is 15.4. The highest BCUT2D eigenvalue weighted by molar-refractivity contribution is 5.55. The third-order valence-electron chi connectivity index (χ3n) is 4.94. The summed E-state index contributed by atoms with van der Waals surface area (Å²) >= 11 is 0. The summed E-state index contributed by atoms with van der Waals surface area (Å²) in [5.74, 6) is 3.40. The maximum atomic E-state index is 4.67. The number of hydrogen-bond donors (Lipinski definition) is 1. The summed E-state index contributed by atoms with van der Waals surface area (Å²) in [7, 11) is 0. The van der Waals surface area contributed by atoms with Crippen molar-refractivity contribution in [2.75, 3.05) is 47.8 Å². The second-order valence-corrected chi connectivity index (χ2v) is 6.82. The van der Waals surface area contributed by atoms with Gasteiger partial charge in [-0.25, -0.2) is 9.97 Å². The van der Waals surface area contributed by atoms with Crippen LogP contribution in [0, 0.1) is 20.8 Å². The predicted molar refractivity (Wildman–Crippen MR) is 106 cm³/mol. The number of aromatic nitrogens is 6. The molecule has 0 amide bonds. The normalized spacial score (nSPS) is 14.8. The van der Waals surface area contributed by atoms with Crippen molar-refractivity contribution in [2.45, 2.75) is 27.7 Å². The molecule has 1 saturated heterocycles. The Balaban J connectivity index is 1.57. The zero-order chi connectivity index (χ0) is 19.0. The minimum atomic E-state index is 0.646. The van der Waals surface area contributed by atoms with Crippen molar-refractivity contribution in [3.8, 4) is 0 Å². The van der Waals surface area contributed by atoms with Crippen LogP contribution in [0.2, 0.25) is 0 Å². The molecule has 9 nitrogen and oxygen atoms in total. The fourth-order valence-corrected chi connectivity index (χ4v) is 3.47. The fourth-order valence-electron chi connectivity index (χ4n) is 3.47. The lowest BCUT2D eigenvalue weighted by molar-refractivity contribution is 0.624. The summed E-state index contributed by atoms with van der Waals surface area (Å²) in [6.07, 6.45) is 1.56. The molecule has 1 fully saturated rings. The van der Waals surface area contributed by atoms with Gasteiger partial charge in [-0.15, -0.1) is 0 Å². The molecule has 0 unspecified atom stereocenters. The molecule has 1 aliphatic heterocycles. The number of nitrogens with one attached hydrogen (secondary N) is 1. The zero-order valence-electron chi connectivity index (χ0n) is 16.3. The topological polar surface area (TPSA) is 87.4 Å². The minimum Gasteiger partial charge on any atom is -0.370 e. The van der Waals surface area contributed by atoms with Crippen LogP contribution in [0.4, 0.5) is 17.6 Å². The molecular formula is C18H25N9. The first-order valence-corrected chi connectivity index (χ1v) is 9.33. The van der Waals surface area contributed by atoms with Crippen molar-refractivity contribution in [3.05, 3.63) is 29.3 Å². The molecule has 0 radical (unpaired) electrons. The van der Waals surface area contributed by atoms with Gasteiger partial charge in [0.25, 0.3) is 5.78 Å². The molecule has 0 bridgehead atoms. The first-order chi connectivity index (χ1) is 13.1. The molecule has 27 heavy (non-hydrogen) atoms. The van der Waals surface area contributed by atoms with Crippen molar-refractivity contribution in [1.82, 2.24) is 29.5 Å². The molecule has 0 atom stereocenters. The van der Waals surface area contributed by atoms with E-state index in [1.54, 1.807) is 6.33 Å². The van der Waals surface area contributed by atoms with Crippen LogP contribution in [0.25, 0.3) is 5.78 Å². The van der Waals surface area contributed by atoms with Crippen LogP contribution in [0.15, 0.2) is 12.4 Å². The van der Waals surface area contributed by atoms with E-state index in [1.807, 2.05) is 24.4 Å². The van der Waals surface area contributed by atoms with E-state index in [-0.39, 0.29) is 0 Å². The Labute approximate surface area is 158 Å². The summed E-state index contributed by atoms with van der Waals surface area (Å²) in [6, 6.07) is 1.98. The molecule has 0 spiro atoms. The average molecular weight is 367 g/mol. The Morgan fingerprint density at radius 3 is 2.48 bits per heavy atom. The molecule has 1 N–H and O–H groups in total. The second-order valence-electron chi connectivity index (χ2n) is 6.82. The van der Waals surface area contributed by atoms with Crippen LogP contribution in [0.3, 0.4) is 0 Å². The third-order valence-corrected chi connectivity index (χ3v) is 4.94. The van der Waals surface area contributed by atoms with Gasteiger partial charge < -0.3 is 15.1 Å². The van der Waals surface area contributed by atoms with Crippen LogP contribution < -0.4 is 15.1 Å². The van der Waals surface area contributed by atoms with E-state index < -0.39 is 0 Å². The van der Waals surface area contributed by atoms with Crippen molar-refractivity contribution in [3.63, 3.8) is 0 Å². The summed E-state index contributed by atoms with van der Waals surface area (Å²) in [4.78, 5) is 22.7. The molecule has 0 aliphatic carbocycles. The summed E-state index contributed by atoms with van der Waals surface area (Å²) in [5, 5.41) is 7.65. The fraction of sp³-hybridized carbons (Fsp3) is 0.500. The van der Waals surface area contributed by atoms with Gasteiger partial charge in [-0.3, -0.25) is 0 Å². The molecule has 9 heteroatoms. The standard InChI is InChI=1S/C18H25N9/c1-5-19-15-10-12(2)22-18(24-15)26-8-6-25(7-9-26)16-13(3)14(4)23-17-20-11-21-27(16)17/h10-11H,5-9H2,1-4H3,(H,19,22,24). The van der Waals surface area contributed by atoms with Gasteiger partial charge in [0, 0.05) is 55.7 Å². The van der Waals surface area contributed by atoms with Gasteiger partial charge in [0.1, 0.15) is 18.0 Å². The van der Waals surface area contributed by atoms with Crippen molar-refractivity contribution in [1.29, 1.82) is 0 Å². The monoisotopic (exact) mass is 367 g/mol. The van der Waals surface area contributed by atoms with Gasteiger partial charge in [0.2, 0.25) is 5.95 Å². The van der Waals surface area contributed by atoms with E-state index in [0.717, 1.165) is 67.3 Å². The number of anilines is 3. The summed E-state index contributed by atoms with van der Waals surface area (Å²) < 4.78 is 1.84. The van der Waals surface area contributed by atoms with Gasteiger partial charge in [-0.05, 0) is 27.7 Å². The Hall–Kier alpha value is -2.97. The Morgan fingerprint density at radius 1 is 1.00 bits per heavy atom. The van der Waals surface area contributed by atoms with E-state index in [1.165, 1.54) is 0 Å². The second kappa shape index (κ2) is 6.98. The molecule has 0 saturated carbocycles. The lowest BCUT2D eigenvalue weighted by atomic mass is 10.2. The summed E-state index contributed by atoms with van der Waals surface area (Å²) in [6.45, 7) is 12.5. The maximum absolute atomic E-state index is 4.67. The van der Waals surface area contributed by atoms with Gasteiger partial charge in [0.05, 0.1) is 0 Å². The number of fused-ring (bicyclic) bond motifs is 1. The van der Waals surface area contributed by atoms with Crippen molar-refractivity contribution in [2.24, 2.45) is 0 Å². The molecule has 0 aromatic carbocycles. The Morgan fingerprint density at radius 2 is 1.74 bits per heavy atom. The zero-order valence-corrected chi connectivity index (χ0v) is 16.3. The van der Waals surface area contributed by atoms with E-state index in [2.05, 4.69) is 54.0 Å². The predicted octanol–water partition coefficient (Wildman–Crippen LogP) is 1.60. The highest BCUT2D eigenvalue weighted by Crippen LogP contribution is 2.24. The van der Waals surface area contributed by atoms with Crippen LogP contribution >= 0.6 is 0 Å². The minimum absolute atomic E-state index is 0.646. The highest BCUT2D eigenvalue weighted by Gasteiger charge is 2.24. The van der Waals surface area contributed by atoms with Crippen LogP contribution in [0.5, 0.6) is 0 Å². The number of aryl methyl sites for hydroxylation is 2. The van der Waals surface area contributed by atoms with Gasteiger partial charge >= 0.3 is 0 Å². The molecular weight excluding hydrogens is 342 g/mol. The molecule has 4 heterocycles. The van der Waals surface area contributed by atoms with Crippen molar-refractivity contribution < 1.29 is 0 Å². The number of piperazine rings is 1. The van der Waals surface area contributed by atoms with E-state index >= 15 is 0 Å². The van der Waals surface area contributed by atoms with Gasteiger partial charge in [-0.2, -0.15) is 19.6 Å². The first-order valence-electron chi connectivity index (χ1n) is 9.33. The Kier molecular flexibility index (Phi) is 4.51. The first kappa shape index (κ1) is 17.4. The smallest absolute Gasteiger partial charge is 0.254 e. The van der Waals surface area contributed by atoms with Crippen molar-refractivity contribution >= 4 is 23.4 Å². The van der Waals surface area contributed by atoms with Gasteiger partial charge in [0.15, 0.2) is 0 Å². The number of rotatable bonds is 4. The van der Waals surface area contributed by atoms with Gasteiger partial charge in [-0.1, -0.05) is 0 Å². The third kappa shape index (κ3) is 3.24. The molecule has 1 aliphatic rings. The molecule has 3 aromatic rings. The SMILES string of the molecule is CCNc1cc(C)nc(N2CCN(c3c(C)c(C)nc4ncnn34)CC2)n1. The molecule has 3 aromatic heterocycles. The molecule has 4 rings (SSSR count). The number of nitrogens with zero attached hydrogens (tertiary/aromatic N) is 8. The number of hydrogen-bond acceptors (Lipinski definition) is 8.